The van der Waals surface area contributed by atoms with E-state index in [9.17, 15) is 4.79 Å². The summed E-state index contributed by atoms with van der Waals surface area (Å²) < 4.78 is 10.2. The van der Waals surface area contributed by atoms with Crippen LogP contribution >= 0.6 is 0 Å². The minimum Gasteiger partial charge on any atom is -0.494 e. The van der Waals surface area contributed by atoms with E-state index in [1.807, 2.05) is 36.2 Å². The van der Waals surface area contributed by atoms with Crippen LogP contribution in [0.4, 0.5) is 0 Å². The molecule has 3 fully saturated rings. The zero-order valence-corrected chi connectivity index (χ0v) is 23.3. The lowest BCUT2D eigenvalue weighted by Gasteiger charge is -2.27. The molecule has 0 radical (unpaired) electrons. The van der Waals surface area contributed by atoms with Gasteiger partial charge >= 0.3 is 0 Å². The van der Waals surface area contributed by atoms with Crippen LogP contribution in [0, 0.1) is 11.8 Å². The van der Waals surface area contributed by atoms with E-state index in [0.717, 1.165) is 70.8 Å². The summed E-state index contributed by atoms with van der Waals surface area (Å²) in [5.74, 6) is 2.53. The van der Waals surface area contributed by atoms with Gasteiger partial charge in [-0.05, 0) is 80.0 Å². The number of nitrogens with zero attached hydrogens (tertiary/aromatic N) is 6. The number of piperidine rings is 1. The number of imidazole rings is 1. The summed E-state index contributed by atoms with van der Waals surface area (Å²) in [6, 6.07) is 14.3. The van der Waals surface area contributed by atoms with E-state index in [-0.39, 0.29) is 18.0 Å². The summed E-state index contributed by atoms with van der Waals surface area (Å²) in [7, 11) is 3.67. The predicted molar refractivity (Wildman–Crippen MR) is 157 cm³/mol. The number of aryl methyl sites for hydroxylation is 1. The number of ether oxygens (including phenoxy) is 1. The minimum absolute atomic E-state index is 0.00995. The Bertz CT molecular complexity index is 1820. The number of hydrogen-bond donors (Lipinski definition) is 1. The van der Waals surface area contributed by atoms with Crippen molar-refractivity contribution in [1.82, 2.24) is 29.0 Å². The zero-order valence-electron chi connectivity index (χ0n) is 23.3. The van der Waals surface area contributed by atoms with Crippen molar-refractivity contribution in [2.24, 2.45) is 24.6 Å². The second-order valence-electron chi connectivity index (χ2n) is 11.9. The first kappa shape index (κ1) is 24.5. The van der Waals surface area contributed by atoms with E-state index >= 15 is 0 Å². The number of hydrogen-bond acceptors (Lipinski definition) is 6. The molecule has 9 nitrogen and oxygen atoms in total. The van der Waals surface area contributed by atoms with Gasteiger partial charge in [0.25, 0.3) is 5.91 Å². The van der Waals surface area contributed by atoms with Gasteiger partial charge in [0.2, 0.25) is 0 Å². The molecular formula is C32H33N7O2. The van der Waals surface area contributed by atoms with Crippen LogP contribution in [-0.4, -0.2) is 60.6 Å². The lowest BCUT2D eigenvalue weighted by atomic mass is 10.1. The third kappa shape index (κ3) is 3.86. The van der Waals surface area contributed by atoms with Crippen molar-refractivity contribution in [1.29, 1.82) is 0 Å². The summed E-state index contributed by atoms with van der Waals surface area (Å²) in [4.78, 5) is 30.0. The topological polar surface area (TPSA) is 104 Å². The van der Waals surface area contributed by atoms with Crippen molar-refractivity contribution >= 4 is 28.0 Å². The van der Waals surface area contributed by atoms with E-state index in [4.69, 9.17) is 20.4 Å². The quantitative estimate of drug-likeness (QED) is 0.332. The summed E-state index contributed by atoms with van der Waals surface area (Å²) in [5, 5.41) is 1.08. The molecule has 2 aliphatic carbocycles. The summed E-state index contributed by atoms with van der Waals surface area (Å²) >= 11 is 0. The number of aromatic nitrogens is 5. The highest BCUT2D eigenvalue weighted by Crippen LogP contribution is 2.40. The van der Waals surface area contributed by atoms with Gasteiger partial charge in [-0.25, -0.2) is 9.97 Å². The number of benzene rings is 1. The number of fused-ring (bicyclic) bond motifs is 4. The molecule has 3 aliphatic rings. The van der Waals surface area contributed by atoms with Gasteiger partial charge in [-0.2, -0.15) is 0 Å². The van der Waals surface area contributed by atoms with Crippen molar-refractivity contribution < 1.29 is 9.53 Å². The monoisotopic (exact) mass is 547 g/mol. The number of amides is 1. The number of rotatable bonds is 6. The number of nitrogens with two attached hydrogens (primary N) is 1. The molecule has 1 aromatic carbocycles. The standard InChI is InChI=1S/C32H33N7O2/c1-37-29-24(13-22(15-27(29)41-2)32(40)39-17-21-6-8-25(39)28(21)33)36-31(37)26-14-20-5-7-23(19-9-11-34-12-10-19)35-30(20)38(26)16-18-3-4-18/h5,7,9-15,18,21,25,28H,3-4,6,8,16-17,33H2,1-2H3/t21?,25?,28-/m1/s1. The highest BCUT2D eigenvalue weighted by molar-refractivity contribution is 6.00. The molecule has 3 atom stereocenters. The summed E-state index contributed by atoms with van der Waals surface area (Å²) in [6.07, 6.45) is 8.14. The smallest absolute Gasteiger partial charge is 0.254 e. The second kappa shape index (κ2) is 9.14. The fourth-order valence-electron chi connectivity index (χ4n) is 7.01. The van der Waals surface area contributed by atoms with Crippen molar-refractivity contribution in [3.63, 3.8) is 0 Å². The SMILES string of the molecule is COc1cc(C(=O)N2CC3CCC2[C@@H]3N)cc2nc(-c3cc4ccc(-c5ccncc5)nc4n3CC3CC3)n(C)c12. The predicted octanol–water partition coefficient (Wildman–Crippen LogP) is 4.63. The van der Waals surface area contributed by atoms with Crippen molar-refractivity contribution in [3.8, 4) is 28.5 Å². The van der Waals surface area contributed by atoms with E-state index in [0.29, 0.717) is 23.1 Å². The summed E-state index contributed by atoms with van der Waals surface area (Å²) in [6.45, 7) is 1.63. The number of likely N-dealkylation sites (tertiary alicyclic amines) is 1. The second-order valence-corrected chi connectivity index (χ2v) is 11.9. The lowest BCUT2D eigenvalue weighted by Crippen LogP contribution is -2.41. The van der Waals surface area contributed by atoms with E-state index < -0.39 is 0 Å². The van der Waals surface area contributed by atoms with Crippen LogP contribution in [-0.2, 0) is 13.6 Å². The maximum absolute atomic E-state index is 13.7. The molecule has 2 saturated carbocycles. The Balaban J connectivity index is 1.25. The third-order valence-electron chi connectivity index (χ3n) is 9.40. The Hall–Kier alpha value is -4.24. The Morgan fingerprint density at radius 2 is 1.88 bits per heavy atom. The first-order valence-electron chi connectivity index (χ1n) is 14.5. The average Bonchev–Trinajstić information content (AvgIpc) is 3.41. The molecule has 2 bridgehead atoms. The molecule has 1 saturated heterocycles. The number of carbonyl (C=O) groups excluding carboxylic acids is 1. The maximum Gasteiger partial charge on any atom is 0.254 e. The molecule has 8 rings (SSSR count). The summed E-state index contributed by atoms with van der Waals surface area (Å²) in [5.41, 5.74) is 12.6. The van der Waals surface area contributed by atoms with Crippen molar-refractivity contribution in [2.75, 3.05) is 13.7 Å². The molecule has 0 spiro atoms. The molecule has 2 N–H and O–H groups in total. The van der Waals surface area contributed by atoms with Crippen molar-refractivity contribution in [3.05, 3.63) is 60.4 Å². The molecule has 1 aliphatic heterocycles. The first-order valence-corrected chi connectivity index (χ1v) is 14.5. The normalized spacial score (nSPS) is 21.8. The highest BCUT2D eigenvalue weighted by atomic mass is 16.5. The van der Waals surface area contributed by atoms with E-state index in [1.165, 1.54) is 12.8 Å². The van der Waals surface area contributed by atoms with E-state index in [2.05, 4.69) is 32.3 Å². The Labute approximate surface area is 238 Å². The average molecular weight is 548 g/mol. The third-order valence-corrected chi connectivity index (χ3v) is 9.40. The first-order chi connectivity index (χ1) is 20.0. The van der Waals surface area contributed by atoms with Crippen LogP contribution in [0.5, 0.6) is 5.75 Å². The molecule has 208 valence electrons. The van der Waals surface area contributed by atoms with Gasteiger partial charge in [0.1, 0.15) is 16.9 Å². The van der Waals surface area contributed by atoms with Gasteiger partial charge in [0.05, 0.1) is 24.0 Å². The van der Waals surface area contributed by atoms with Gasteiger partial charge in [-0.15, -0.1) is 0 Å². The van der Waals surface area contributed by atoms with Gasteiger partial charge in [0, 0.05) is 61.1 Å². The molecule has 4 aromatic heterocycles. The molecule has 1 amide bonds. The van der Waals surface area contributed by atoms with Crippen LogP contribution in [0.1, 0.15) is 36.0 Å². The molecule has 9 heteroatoms. The molecular weight excluding hydrogens is 514 g/mol. The van der Waals surface area contributed by atoms with Crippen LogP contribution in [0.3, 0.4) is 0 Å². The number of pyridine rings is 2. The molecule has 41 heavy (non-hydrogen) atoms. The number of carbonyl (C=O) groups is 1. The maximum atomic E-state index is 13.7. The Morgan fingerprint density at radius 3 is 2.59 bits per heavy atom. The van der Waals surface area contributed by atoms with Crippen LogP contribution in [0.2, 0.25) is 0 Å². The largest absolute Gasteiger partial charge is 0.494 e. The molecule has 5 heterocycles. The lowest BCUT2D eigenvalue weighted by molar-refractivity contribution is 0.0700. The highest BCUT2D eigenvalue weighted by Gasteiger charge is 2.47. The molecule has 5 aromatic rings. The fraction of sp³-hybridized carbons (Fsp3) is 0.375. The van der Waals surface area contributed by atoms with Crippen LogP contribution in [0.25, 0.3) is 44.8 Å². The van der Waals surface area contributed by atoms with Gasteiger partial charge in [-0.3, -0.25) is 9.78 Å². The van der Waals surface area contributed by atoms with Gasteiger partial charge < -0.3 is 24.5 Å². The fourth-order valence-corrected chi connectivity index (χ4v) is 7.01. The van der Waals surface area contributed by atoms with Crippen LogP contribution < -0.4 is 10.5 Å². The van der Waals surface area contributed by atoms with Gasteiger partial charge in [-0.1, -0.05) is 0 Å². The van der Waals surface area contributed by atoms with Crippen molar-refractivity contribution in [2.45, 2.75) is 44.3 Å². The van der Waals surface area contributed by atoms with Gasteiger partial charge in [0.15, 0.2) is 5.82 Å². The zero-order chi connectivity index (χ0) is 27.8. The Kier molecular flexibility index (Phi) is 5.47. The van der Waals surface area contributed by atoms with E-state index in [1.54, 1.807) is 19.5 Å². The number of methoxy groups -OCH3 is 1. The Morgan fingerprint density at radius 1 is 1.05 bits per heavy atom. The van der Waals surface area contributed by atoms with Crippen LogP contribution in [0.15, 0.2) is 54.9 Å². The minimum atomic E-state index is 0.00995. The molecule has 2 unspecified atom stereocenters.